The number of carbonyl (C=O) groups excluding carboxylic acids is 1. The Labute approximate surface area is 113 Å². The molecule has 0 atom stereocenters. The van der Waals surface area contributed by atoms with Gasteiger partial charge >= 0.3 is 0 Å². The summed E-state index contributed by atoms with van der Waals surface area (Å²) in [6, 6.07) is 7.50. The highest BCUT2D eigenvalue weighted by Crippen LogP contribution is 2.22. The van der Waals surface area contributed by atoms with Gasteiger partial charge in [-0.25, -0.2) is 0 Å². The Hall–Kier alpha value is -1.06. The summed E-state index contributed by atoms with van der Waals surface area (Å²) in [7, 11) is 0. The van der Waals surface area contributed by atoms with Gasteiger partial charge in [0.15, 0.2) is 0 Å². The fraction of sp³-hybridized carbons (Fsp3) is 0.500. The van der Waals surface area contributed by atoms with E-state index in [1.54, 1.807) is 0 Å². The maximum absolute atomic E-state index is 12.5. The quantitative estimate of drug-likeness (QED) is 0.771. The summed E-state index contributed by atoms with van der Waals surface area (Å²) in [5, 5.41) is 0. The van der Waals surface area contributed by atoms with Crippen molar-refractivity contribution in [1.29, 1.82) is 0 Å². The second-order valence-corrected chi connectivity index (χ2v) is 5.42. The van der Waals surface area contributed by atoms with Crippen LogP contribution < -0.4 is 0 Å². The molecule has 0 spiro atoms. The molecule has 0 bridgehead atoms. The van der Waals surface area contributed by atoms with Crippen LogP contribution in [0.5, 0.6) is 0 Å². The predicted octanol–water partition coefficient (Wildman–Crippen LogP) is 2.68. The highest BCUT2D eigenvalue weighted by Gasteiger charge is 2.34. The average molecular weight is 268 g/mol. The molecule has 1 aliphatic rings. The van der Waals surface area contributed by atoms with Gasteiger partial charge in [0, 0.05) is 18.0 Å². The lowest BCUT2D eigenvalue weighted by atomic mass is 10.0. The third kappa shape index (κ3) is 2.68. The monoisotopic (exact) mass is 267 g/mol. The van der Waals surface area contributed by atoms with Gasteiger partial charge in [-0.05, 0) is 31.5 Å². The number of amides is 1. The maximum Gasteiger partial charge on any atom is 0.254 e. The second kappa shape index (κ2) is 5.29. The number of morpholine rings is 1. The van der Waals surface area contributed by atoms with Gasteiger partial charge in [-0.3, -0.25) is 4.79 Å². The number of carbonyl (C=O) groups is 1. The van der Waals surface area contributed by atoms with Crippen LogP contribution in [0, 0.1) is 0 Å². The van der Waals surface area contributed by atoms with E-state index in [-0.39, 0.29) is 11.4 Å². The lowest BCUT2D eigenvalue weighted by Gasteiger charge is -2.42. The first-order valence-electron chi connectivity index (χ1n) is 6.09. The van der Waals surface area contributed by atoms with E-state index in [2.05, 4.69) is 0 Å². The number of hydrogen-bond acceptors (Lipinski definition) is 2. The molecule has 98 valence electrons. The normalized spacial score (nSPS) is 18.7. The topological polar surface area (TPSA) is 29.5 Å². The van der Waals surface area contributed by atoms with E-state index in [4.69, 9.17) is 16.3 Å². The Morgan fingerprint density at radius 3 is 2.94 bits per heavy atom. The van der Waals surface area contributed by atoms with Crippen LogP contribution in [0.15, 0.2) is 24.3 Å². The first-order valence-corrected chi connectivity index (χ1v) is 6.63. The fourth-order valence-corrected chi connectivity index (χ4v) is 2.34. The zero-order valence-electron chi connectivity index (χ0n) is 10.8. The molecule has 18 heavy (non-hydrogen) atoms. The van der Waals surface area contributed by atoms with Crippen molar-refractivity contribution in [2.24, 2.45) is 0 Å². The molecule has 4 heteroatoms. The summed E-state index contributed by atoms with van der Waals surface area (Å²) >= 11 is 5.80. The number of halogens is 1. The molecule has 1 aromatic carbocycles. The Kier molecular flexibility index (Phi) is 3.93. The molecule has 1 aliphatic heterocycles. The van der Waals surface area contributed by atoms with Gasteiger partial charge in [-0.15, -0.1) is 11.6 Å². The molecule has 1 heterocycles. The van der Waals surface area contributed by atoms with Crippen LogP contribution >= 0.6 is 11.6 Å². The minimum atomic E-state index is -0.258. The highest BCUT2D eigenvalue weighted by molar-refractivity contribution is 6.17. The summed E-state index contributed by atoms with van der Waals surface area (Å²) in [5.41, 5.74) is 1.41. The van der Waals surface area contributed by atoms with Crippen molar-refractivity contribution < 1.29 is 9.53 Å². The number of hydrogen-bond donors (Lipinski definition) is 0. The molecule has 1 aromatic rings. The summed E-state index contributed by atoms with van der Waals surface area (Å²) in [5.74, 6) is 0.475. The van der Waals surface area contributed by atoms with Crippen molar-refractivity contribution in [3.8, 4) is 0 Å². The second-order valence-electron chi connectivity index (χ2n) is 5.16. The van der Waals surface area contributed by atoms with Crippen LogP contribution in [-0.2, 0) is 10.6 Å². The molecule has 0 aliphatic carbocycles. The molecule has 1 saturated heterocycles. The van der Waals surface area contributed by atoms with Crippen LogP contribution in [0.2, 0.25) is 0 Å². The molecular formula is C14H18ClNO2. The van der Waals surface area contributed by atoms with E-state index in [9.17, 15) is 4.79 Å². The molecule has 0 radical (unpaired) electrons. The molecule has 3 nitrogen and oxygen atoms in total. The molecular weight excluding hydrogens is 250 g/mol. The maximum atomic E-state index is 12.5. The van der Waals surface area contributed by atoms with Crippen molar-refractivity contribution in [3.63, 3.8) is 0 Å². The van der Waals surface area contributed by atoms with Crippen LogP contribution in [0.1, 0.15) is 29.8 Å². The zero-order valence-corrected chi connectivity index (χ0v) is 11.5. The van der Waals surface area contributed by atoms with Crippen LogP contribution in [-0.4, -0.2) is 36.1 Å². The van der Waals surface area contributed by atoms with E-state index >= 15 is 0 Å². The molecule has 0 unspecified atom stereocenters. The molecule has 0 saturated carbocycles. The Balaban J connectivity index is 2.24. The Morgan fingerprint density at radius 2 is 2.28 bits per heavy atom. The summed E-state index contributed by atoms with van der Waals surface area (Å²) in [6.45, 7) is 5.86. The van der Waals surface area contributed by atoms with Crippen LogP contribution in [0.4, 0.5) is 0 Å². The van der Waals surface area contributed by atoms with Gasteiger partial charge in [0.25, 0.3) is 5.91 Å². The zero-order chi connectivity index (χ0) is 13.2. The highest BCUT2D eigenvalue weighted by atomic mass is 35.5. The summed E-state index contributed by atoms with van der Waals surface area (Å²) in [6.07, 6.45) is 0. The first kappa shape index (κ1) is 13.4. The van der Waals surface area contributed by atoms with Crippen molar-refractivity contribution >= 4 is 17.5 Å². The summed E-state index contributed by atoms with van der Waals surface area (Å²) in [4.78, 5) is 14.4. The van der Waals surface area contributed by atoms with Crippen molar-refractivity contribution in [2.45, 2.75) is 25.3 Å². The molecule has 0 aromatic heterocycles. The molecule has 2 rings (SSSR count). The fourth-order valence-electron chi connectivity index (χ4n) is 2.18. The number of nitrogens with zero attached hydrogens (tertiary/aromatic N) is 1. The van der Waals surface area contributed by atoms with Crippen molar-refractivity contribution in [1.82, 2.24) is 4.90 Å². The van der Waals surface area contributed by atoms with Gasteiger partial charge in [0.05, 0.1) is 18.8 Å². The van der Waals surface area contributed by atoms with Gasteiger partial charge in [-0.1, -0.05) is 12.1 Å². The van der Waals surface area contributed by atoms with Gasteiger partial charge in [0.1, 0.15) is 0 Å². The molecule has 1 fully saturated rings. The van der Waals surface area contributed by atoms with E-state index in [0.29, 0.717) is 31.2 Å². The SMILES string of the molecule is CC1(C)COCCN1C(=O)c1cccc(CCl)c1. The molecule has 0 N–H and O–H groups in total. The first-order chi connectivity index (χ1) is 8.54. The van der Waals surface area contributed by atoms with Gasteiger partial charge in [-0.2, -0.15) is 0 Å². The Bertz CT molecular complexity index is 445. The Morgan fingerprint density at radius 1 is 1.50 bits per heavy atom. The number of rotatable bonds is 2. The largest absolute Gasteiger partial charge is 0.377 e. The average Bonchev–Trinajstić information content (AvgIpc) is 2.37. The minimum Gasteiger partial charge on any atom is -0.377 e. The lowest BCUT2D eigenvalue weighted by molar-refractivity contribution is -0.0370. The van der Waals surface area contributed by atoms with E-state index in [0.717, 1.165) is 5.56 Å². The molecule has 1 amide bonds. The third-order valence-electron chi connectivity index (χ3n) is 3.22. The van der Waals surface area contributed by atoms with E-state index in [1.165, 1.54) is 0 Å². The summed E-state index contributed by atoms with van der Waals surface area (Å²) < 4.78 is 5.43. The number of alkyl halides is 1. The van der Waals surface area contributed by atoms with Crippen LogP contribution in [0.3, 0.4) is 0 Å². The minimum absolute atomic E-state index is 0.0512. The smallest absolute Gasteiger partial charge is 0.254 e. The predicted molar refractivity (Wildman–Crippen MR) is 71.9 cm³/mol. The lowest BCUT2D eigenvalue weighted by Crippen LogP contribution is -2.55. The van der Waals surface area contributed by atoms with Crippen molar-refractivity contribution in [3.05, 3.63) is 35.4 Å². The third-order valence-corrected chi connectivity index (χ3v) is 3.53. The van der Waals surface area contributed by atoms with Crippen LogP contribution in [0.25, 0.3) is 0 Å². The van der Waals surface area contributed by atoms with Gasteiger partial charge < -0.3 is 9.64 Å². The standard InChI is InChI=1S/C14H18ClNO2/c1-14(2)10-18-7-6-16(14)13(17)12-5-3-4-11(8-12)9-15/h3-5,8H,6-7,9-10H2,1-2H3. The van der Waals surface area contributed by atoms with Crippen molar-refractivity contribution in [2.75, 3.05) is 19.8 Å². The van der Waals surface area contributed by atoms with Gasteiger partial charge in [0.2, 0.25) is 0 Å². The van der Waals surface area contributed by atoms with E-state index < -0.39 is 0 Å². The van der Waals surface area contributed by atoms with E-state index in [1.807, 2.05) is 43.0 Å². The number of benzene rings is 1. The number of ether oxygens (including phenoxy) is 1.